The number of nitrogens with zero attached hydrogens (tertiary/aromatic N) is 5. The van der Waals surface area contributed by atoms with Gasteiger partial charge in [0.1, 0.15) is 5.75 Å². The summed E-state index contributed by atoms with van der Waals surface area (Å²) in [5.41, 5.74) is 1.93. The summed E-state index contributed by atoms with van der Waals surface area (Å²) >= 11 is 1.37. The van der Waals surface area contributed by atoms with Gasteiger partial charge in [0.2, 0.25) is 5.91 Å². The number of ether oxygens (including phenoxy) is 1. The molecule has 0 radical (unpaired) electrons. The molecule has 0 aliphatic heterocycles. The largest absolute Gasteiger partial charge is 0.497 e. The van der Waals surface area contributed by atoms with Crippen molar-refractivity contribution >= 4 is 17.7 Å². The molecule has 29 heavy (non-hydrogen) atoms. The molecule has 0 bridgehead atoms. The molecule has 0 atom stereocenters. The lowest BCUT2D eigenvalue weighted by Crippen LogP contribution is -2.27. The third-order valence-electron chi connectivity index (χ3n) is 4.27. The van der Waals surface area contributed by atoms with E-state index in [1.807, 2.05) is 41.0 Å². The zero-order valence-electron chi connectivity index (χ0n) is 16.5. The summed E-state index contributed by atoms with van der Waals surface area (Å²) in [5.74, 6) is 1.79. The van der Waals surface area contributed by atoms with Crippen LogP contribution in [0.5, 0.6) is 5.75 Å². The summed E-state index contributed by atoms with van der Waals surface area (Å²) in [4.78, 5) is 18.3. The summed E-state index contributed by atoms with van der Waals surface area (Å²) in [6.07, 6.45) is 5.22. The Morgan fingerprint density at radius 1 is 1.28 bits per heavy atom. The zero-order chi connectivity index (χ0) is 20.6. The van der Waals surface area contributed by atoms with Gasteiger partial charge < -0.3 is 9.64 Å². The van der Waals surface area contributed by atoms with Gasteiger partial charge in [-0.15, -0.1) is 16.8 Å². The smallest absolute Gasteiger partial charge is 0.233 e. The molecule has 0 unspecified atom stereocenters. The topological polar surface area (TPSA) is 73.1 Å². The van der Waals surface area contributed by atoms with Gasteiger partial charge in [-0.1, -0.05) is 30.0 Å². The predicted octanol–water partition coefficient (Wildman–Crippen LogP) is 3.29. The van der Waals surface area contributed by atoms with Crippen molar-refractivity contribution in [2.75, 3.05) is 19.9 Å². The Morgan fingerprint density at radius 2 is 2.07 bits per heavy atom. The number of benzene rings is 1. The highest BCUT2D eigenvalue weighted by Gasteiger charge is 2.16. The maximum absolute atomic E-state index is 12.6. The van der Waals surface area contributed by atoms with Crippen molar-refractivity contribution in [3.8, 4) is 17.1 Å². The third kappa shape index (κ3) is 5.23. The first-order valence-electron chi connectivity index (χ1n) is 9.06. The van der Waals surface area contributed by atoms with Crippen LogP contribution >= 0.6 is 11.8 Å². The number of pyridine rings is 1. The van der Waals surface area contributed by atoms with Gasteiger partial charge in [-0.05, 0) is 29.8 Å². The van der Waals surface area contributed by atoms with E-state index in [2.05, 4.69) is 21.8 Å². The number of hydrogen-bond acceptors (Lipinski definition) is 6. The van der Waals surface area contributed by atoms with Crippen LogP contribution in [0.2, 0.25) is 0 Å². The maximum Gasteiger partial charge on any atom is 0.233 e. The van der Waals surface area contributed by atoms with Crippen LogP contribution < -0.4 is 4.74 Å². The van der Waals surface area contributed by atoms with Crippen LogP contribution in [0.3, 0.4) is 0 Å². The van der Waals surface area contributed by atoms with Gasteiger partial charge in [-0.25, -0.2) is 0 Å². The number of thioether (sulfide) groups is 1. The number of amides is 1. The molecule has 3 aromatic rings. The Hall–Kier alpha value is -3.13. The second-order valence-electron chi connectivity index (χ2n) is 6.33. The summed E-state index contributed by atoms with van der Waals surface area (Å²) in [5, 5.41) is 9.24. The minimum Gasteiger partial charge on any atom is -0.497 e. The molecule has 0 N–H and O–H groups in total. The van der Waals surface area contributed by atoms with E-state index < -0.39 is 0 Å². The van der Waals surface area contributed by atoms with Crippen LogP contribution in [0.4, 0.5) is 0 Å². The molecule has 0 saturated carbocycles. The Morgan fingerprint density at radius 3 is 2.79 bits per heavy atom. The predicted molar refractivity (Wildman–Crippen MR) is 114 cm³/mol. The summed E-state index contributed by atoms with van der Waals surface area (Å²) < 4.78 is 7.19. The minimum atomic E-state index is 0.0106. The van der Waals surface area contributed by atoms with Gasteiger partial charge in [0.05, 0.1) is 12.9 Å². The summed E-state index contributed by atoms with van der Waals surface area (Å²) in [6.45, 7) is 4.88. The number of methoxy groups -OCH3 is 1. The lowest BCUT2D eigenvalue weighted by molar-refractivity contribution is -0.127. The van der Waals surface area contributed by atoms with Crippen LogP contribution in [0.15, 0.2) is 66.6 Å². The van der Waals surface area contributed by atoms with Crippen LogP contribution in [-0.2, 0) is 17.9 Å². The molecule has 1 amide bonds. The van der Waals surface area contributed by atoms with Crippen LogP contribution in [-0.4, -0.2) is 50.5 Å². The van der Waals surface area contributed by atoms with Crippen molar-refractivity contribution in [1.29, 1.82) is 0 Å². The van der Waals surface area contributed by atoms with Crippen molar-refractivity contribution in [1.82, 2.24) is 24.6 Å². The molecule has 0 fully saturated rings. The Kier molecular flexibility index (Phi) is 7.02. The van der Waals surface area contributed by atoms with Crippen molar-refractivity contribution < 1.29 is 9.53 Å². The van der Waals surface area contributed by atoms with Crippen molar-refractivity contribution in [3.63, 3.8) is 0 Å². The molecular weight excluding hydrogens is 386 g/mol. The number of carbonyl (C=O) groups excluding carboxylic acids is 1. The van der Waals surface area contributed by atoms with Gasteiger partial charge in [0, 0.05) is 38.1 Å². The number of aromatic nitrogens is 4. The molecule has 0 aliphatic rings. The Labute approximate surface area is 174 Å². The number of allylic oxidation sites excluding steroid dienone is 1. The normalized spacial score (nSPS) is 10.6. The summed E-state index contributed by atoms with van der Waals surface area (Å²) in [7, 11) is 3.42. The van der Waals surface area contributed by atoms with Crippen LogP contribution in [0.25, 0.3) is 11.4 Å². The van der Waals surface area contributed by atoms with Gasteiger partial charge >= 0.3 is 0 Å². The highest BCUT2D eigenvalue weighted by atomic mass is 32.2. The fraction of sp³-hybridized carbons (Fsp3) is 0.238. The van der Waals surface area contributed by atoms with Gasteiger partial charge in [-0.3, -0.25) is 14.3 Å². The van der Waals surface area contributed by atoms with Gasteiger partial charge in [0.15, 0.2) is 11.0 Å². The van der Waals surface area contributed by atoms with E-state index in [0.717, 1.165) is 22.7 Å². The molecule has 7 nitrogen and oxygen atoms in total. The molecule has 8 heteroatoms. The molecule has 150 valence electrons. The minimum absolute atomic E-state index is 0.0106. The van der Waals surface area contributed by atoms with E-state index in [4.69, 9.17) is 4.74 Å². The quantitative estimate of drug-likeness (QED) is 0.399. The maximum atomic E-state index is 12.6. The first kappa shape index (κ1) is 20.6. The average molecular weight is 410 g/mol. The second kappa shape index (κ2) is 9.88. The van der Waals surface area contributed by atoms with E-state index in [9.17, 15) is 4.79 Å². The lowest BCUT2D eigenvalue weighted by Gasteiger charge is -2.17. The van der Waals surface area contributed by atoms with Crippen LogP contribution in [0.1, 0.15) is 5.56 Å². The highest BCUT2D eigenvalue weighted by molar-refractivity contribution is 7.99. The van der Waals surface area contributed by atoms with E-state index in [1.165, 1.54) is 11.8 Å². The molecule has 0 spiro atoms. The molecular formula is C21H23N5O2S. The van der Waals surface area contributed by atoms with E-state index >= 15 is 0 Å². The Balaban J connectivity index is 1.66. The van der Waals surface area contributed by atoms with Crippen molar-refractivity contribution in [2.45, 2.75) is 18.2 Å². The zero-order valence-corrected chi connectivity index (χ0v) is 17.3. The number of carbonyl (C=O) groups is 1. The number of hydrogen-bond donors (Lipinski definition) is 0. The molecule has 3 rings (SSSR count). The first-order valence-corrected chi connectivity index (χ1v) is 10.0. The third-order valence-corrected chi connectivity index (χ3v) is 5.22. The standard InChI is InChI=1S/C21H23N5O2S/c1-4-12-26-20(17-8-10-22-11-9-17)23-24-21(26)29-15-19(27)25(2)14-16-6-5-7-18(13-16)28-3/h4-11,13H,1,12,14-15H2,2-3H3. The molecule has 1 aromatic carbocycles. The monoisotopic (exact) mass is 409 g/mol. The number of rotatable bonds is 9. The summed E-state index contributed by atoms with van der Waals surface area (Å²) in [6, 6.07) is 11.5. The first-order chi connectivity index (χ1) is 14.1. The Bertz CT molecular complexity index is 974. The van der Waals surface area contributed by atoms with Crippen molar-refractivity contribution in [2.24, 2.45) is 0 Å². The van der Waals surface area contributed by atoms with Gasteiger partial charge in [-0.2, -0.15) is 0 Å². The molecule has 0 aliphatic carbocycles. The lowest BCUT2D eigenvalue weighted by atomic mass is 10.2. The molecule has 2 heterocycles. The fourth-order valence-electron chi connectivity index (χ4n) is 2.77. The van der Waals surface area contributed by atoms with E-state index in [-0.39, 0.29) is 11.7 Å². The highest BCUT2D eigenvalue weighted by Crippen LogP contribution is 2.24. The van der Waals surface area contributed by atoms with Crippen molar-refractivity contribution in [3.05, 3.63) is 67.0 Å². The second-order valence-corrected chi connectivity index (χ2v) is 7.27. The van der Waals surface area contributed by atoms with Gasteiger partial charge in [0.25, 0.3) is 0 Å². The van der Waals surface area contributed by atoms with E-state index in [1.54, 1.807) is 37.5 Å². The fourth-order valence-corrected chi connectivity index (χ4v) is 3.66. The van der Waals surface area contributed by atoms with E-state index in [0.29, 0.717) is 18.2 Å². The molecule has 0 saturated heterocycles. The average Bonchev–Trinajstić information content (AvgIpc) is 3.15. The SMILES string of the molecule is C=CCn1c(SCC(=O)N(C)Cc2cccc(OC)c2)nnc1-c1ccncc1. The molecule has 2 aromatic heterocycles. The van der Waals surface area contributed by atoms with Crippen LogP contribution in [0, 0.1) is 0 Å².